The summed E-state index contributed by atoms with van der Waals surface area (Å²) in [5, 5.41) is 11.1. The van der Waals surface area contributed by atoms with E-state index in [1.807, 2.05) is 0 Å². The van der Waals surface area contributed by atoms with Crippen LogP contribution >= 0.6 is 0 Å². The number of aryl methyl sites for hydroxylation is 1. The SMILES string of the molecule is Cc1cc(F)c(C(=O)O)cc1N=O. The summed E-state index contributed by atoms with van der Waals surface area (Å²) in [4.78, 5) is 20.6. The highest BCUT2D eigenvalue weighted by Gasteiger charge is 2.13. The number of hydrogen-bond donors (Lipinski definition) is 1. The maximum absolute atomic E-state index is 12.9. The molecular formula is C8H6FNO3. The zero-order chi connectivity index (χ0) is 10.0. The third-order valence-electron chi connectivity index (χ3n) is 1.61. The van der Waals surface area contributed by atoms with E-state index in [2.05, 4.69) is 5.18 Å². The van der Waals surface area contributed by atoms with Gasteiger partial charge in [-0.2, -0.15) is 0 Å². The Morgan fingerprint density at radius 1 is 1.54 bits per heavy atom. The zero-order valence-corrected chi connectivity index (χ0v) is 6.74. The molecule has 0 atom stereocenters. The first kappa shape index (κ1) is 9.31. The lowest BCUT2D eigenvalue weighted by molar-refractivity contribution is 0.0692. The Morgan fingerprint density at radius 2 is 2.15 bits per heavy atom. The highest BCUT2D eigenvalue weighted by molar-refractivity contribution is 5.89. The third-order valence-corrected chi connectivity index (χ3v) is 1.61. The molecule has 0 bridgehead atoms. The summed E-state index contributed by atoms with van der Waals surface area (Å²) in [5.41, 5.74) is -0.281. The van der Waals surface area contributed by atoms with Crippen molar-refractivity contribution in [2.75, 3.05) is 0 Å². The Labute approximate surface area is 73.0 Å². The van der Waals surface area contributed by atoms with Crippen LogP contribution in [0.25, 0.3) is 0 Å². The molecule has 0 aliphatic carbocycles. The lowest BCUT2D eigenvalue weighted by atomic mass is 10.1. The van der Waals surface area contributed by atoms with Gasteiger partial charge in [-0.1, -0.05) is 0 Å². The smallest absolute Gasteiger partial charge is 0.338 e. The van der Waals surface area contributed by atoms with Gasteiger partial charge in [-0.25, -0.2) is 9.18 Å². The standard InChI is InChI=1S/C8H6FNO3/c1-4-2-6(9)5(8(11)12)3-7(4)10-13/h2-3H,1H3,(H,11,12). The second-order valence-electron chi connectivity index (χ2n) is 2.51. The molecule has 0 heterocycles. The number of carbonyl (C=O) groups is 1. The summed E-state index contributed by atoms with van der Waals surface area (Å²) in [7, 11) is 0. The first-order valence-corrected chi connectivity index (χ1v) is 3.43. The highest BCUT2D eigenvalue weighted by atomic mass is 19.1. The molecule has 0 amide bonds. The van der Waals surface area contributed by atoms with Crippen molar-refractivity contribution in [3.05, 3.63) is 34.0 Å². The number of halogens is 1. The predicted molar refractivity (Wildman–Crippen MR) is 43.6 cm³/mol. The number of benzene rings is 1. The van der Waals surface area contributed by atoms with Crippen LogP contribution in [0.1, 0.15) is 15.9 Å². The van der Waals surface area contributed by atoms with Crippen LogP contribution in [0.5, 0.6) is 0 Å². The van der Waals surface area contributed by atoms with Gasteiger partial charge in [0.1, 0.15) is 11.5 Å². The van der Waals surface area contributed by atoms with Crippen LogP contribution < -0.4 is 0 Å². The van der Waals surface area contributed by atoms with Crippen LogP contribution in [-0.2, 0) is 0 Å². The number of nitrogens with zero attached hydrogens (tertiary/aromatic N) is 1. The molecule has 1 rings (SSSR count). The van der Waals surface area contributed by atoms with Crippen LogP contribution in [0.4, 0.5) is 10.1 Å². The number of hydrogen-bond acceptors (Lipinski definition) is 3. The quantitative estimate of drug-likeness (QED) is 0.715. The fraction of sp³-hybridized carbons (Fsp3) is 0.125. The van der Waals surface area contributed by atoms with Gasteiger partial charge in [0.2, 0.25) is 0 Å². The Morgan fingerprint density at radius 3 is 2.62 bits per heavy atom. The largest absolute Gasteiger partial charge is 0.478 e. The first-order valence-electron chi connectivity index (χ1n) is 3.43. The van der Waals surface area contributed by atoms with Gasteiger partial charge >= 0.3 is 5.97 Å². The fourth-order valence-corrected chi connectivity index (χ4v) is 0.924. The summed E-state index contributed by atoms with van der Waals surface area (Å²) in [5.74, 6) is -2.28. The molecule has 1 aromatic carbocycles. The van der Waals surface area contributed by atoms with Gasteiger partial charge in [-0.3, -0.25) is 0 Å². The maximum atomic E-state index is 12.9. The van der Waals surface area contributed by atoms with Gasteiger partial charge in [0.15, 0.2) is 0 Å². The van der Waals surface area contributed by atoms with E-state index in [9.17, 15) is 14.1 Å². The van der Waals surface area contributed by atoms with E-state index in [0.717, 1.165) is 12.1 Å². The zero-order valence-electron chi connectivity index (χ0n) is 6.74. The van der Waals surface area contributed by atoms with Crippen molar-refractivity contribution in [2.45, 2.75) is 6.92 Å². The molecule has 0 unspecified atom stereocenters. The van der Waals surface area contributed by atoms with E-state index < -0.39 is 17.3 Å². The van der Waals surface area contributed by atoms with Crippen molar-refractivity contribution in [2.24, 2.45) is 5.18 Å². The number of aromatic carboxylic acids is 1. The van der Waals surface area contributed by atoms with E-state index >= 15 is 0 Å². The first-order chi connectivity index (χ1) is 6.06. The Balaban J connectivity index is 3.38. The van der Waals surface area contributed by atoms with Crippen molar-refractivity contribution in [1.82, 2.24) is 0 Å². The summed E-state index contributed by atoms with van der Waals surface area (Å²) in [6.07, 6.45) is 0. The summed E-state index contributed by atoms with van der Waals surface area (Å²) in [6, 6.07) is 1.89. The maximum Gasteiger partial charge on any atom is 0.338 e. The van der Waals surface area contributed by atoms with Crippen molar-refractivity contribution in [3.8, 4) is 0 Å². The molecule has 5 heteroatoms. The van der Waals surface area contributed by atoms with Gasteiger partial charge in [-0.15, -0.1) is 4.91 Å². The lowest BCUT2D eigenvalue weighted by Crippen LogP contribution is -2.00. The van der Waals surface area contributed by atoms with Crippen LogP contribution in [0.3, 0.4) is 0 Å². The Bertz CT molecular complexity index is 376. The molecule has 0 fully saturated rings. The lowest BCUT2D eigenvalue weighted by Gasteiger charge is -2.00. The second kappa shape index (κ2) is 3.30. The molecule has 13 heavy (non-hydrogen) atoms. The molecule has 0 aliphatic rings. The molecular weight excluding hydrogens is 177 g/mol. The molecule has 4 nitrogen and oxygen atoms in total. The molecule has 1 aromatic rings. The topological polar surface area (TPSA) is 66.7 Å². The normalized spacial score (nSPS) is 9.69. The monoisotopic (exact) mass is 183 g/mol. The molecule has 0 saturated carbocycles. The number of nitroso groups, excluding NO2 is 1. The van der Waals surface area contributed by atoms with E-state index in [-0.39, 0.29) is 5.69 Å². The van der Waals surface area contributed by atoms with Gasteiger partial charge in [-0.05, 0) is 29.8 Å². The van der Waals surface area contributed by atoms with E-state index in [1.165, 1.54) is 6.92 Å². The molecule has 0 aliphatic heterocycles. The molecule has 0 aromatic heterocycles. The van der Waals surface area contributed by atoms with Crippen LogP contribution in [-0.4, -0.2) is 11.1 Å². The summed E-state index contributed by atoms with van der Waals surface area (Å²) >= 11 is 0. The second-order valence-corrected chi connectivity index (χ2v) is 2.51. The molecule has 0 radical (unpaired) electrons. The van der Waals surface area contributed by atoms with Gasteiger partial charge in [0.25, 0.3) is 0 Å². The molecule has 0 spiro atoms. The van der Waals surface area contributed by atoms with Crippen molar-refractivity contribution >= 4 is 11.7 Å². The predicted octanol–water partition coefficient (Wildman–Crippen LogP) is 2.23. The minimum atomic E-state index is -1.41. The fourth-order valence-electron chi connectivity index (χ4n) is 0.924. The average Bonchev–Trinajstić information content (AvgIpc) is 2.03. The minimum absolute atomic E-state index is 0.0567. The van der Waals surface area contributed by atoms with E-state index in [4.69, 9.17) is 5.11 Å². The highest BCUT2D eigenvalue weighted by Crippen LogP contribution is 2.22. The van der Waals surface area contributed by atoms with Crippen LogP contribution in [0.2, 0.25) is 0 Å². The molecule has 1 N–H and O–H groups in total. The van der Waals surface area contributed by atoms with Crippen molar-refractivity contribution in [1.29, 1.82) is 0 Å². The Hall–Kier alpha value is -1.78. The van der Waals surface area contributed by atoms with Crippen LogP contribution in [0.15, 0.2) is 17.3 Å². The van der Waals surface area contributed by atoms with Gasteiger partial charge in [0, 0.05) is 0 Å². The number of carboxylic acid groups (broad SMARTS) is 1. The minimum Gasteiger partial charge on any atom is -0.478 e. The van der Waals surface area contributed by atoms with E-state index in [0.29, 0.717) is 5.56 Å². The van der Waals surface area contributed by atoms with Crippen LogP contribution in [0, 0.1) is 17.6 Å². The van der Waals surface area contributed by atoms with E-state index in [1.54, 1.807) is 0 Å². The Kier molecular flexibility index (Phi) is 2.36. The average molecular weight is 183 g/mol. The summed E-state index contributed by atoms with van der Waals surface area (Å²) < 4.78 is 12.9. The van der Waals surface area contributed by atoms with Gasteiger partial charge < -0.3 is 5.11 Å². The number of rotatable bonds is 2. The number of carboxylic acids is 1. The van der Waals surface area contributed by atoms with Crippen molar-refractivity contribution < 1.29 is 14.3 Å². The third kappa shape index (κ3) is 1.69. The van der Waals surface area contributed by atoms with Crippen molar-refractivity contribution in [3.63, 3.8) is 0 Å². The molecule has 68 valence electrons. The molecule has 0 saturated heterocycles. The van der Waals surface area contributed by atoms with Gasteiger partial charge in [0.05, 0.1) is 5.56 Å². The summed E-state index contributed by atoms with van der Waals surface area (Å²) in [6.45, 7) is 1.48.